The fraction of sp³-hybridized carbons (Fsp3) is 0.143. The van der Waals surface area contributed by atoms with Crippen molar-refractivity contribution in [2.45, 2.75) is 6.18 Å². The van der Waals surface area contributed by atoms with E-state index in [2.05, 4.69) is 6.58 Å². The molecule has 0 rings (SSSR count). The first kappa shape index (κ1) is 21.7. The predicted molar refractivity (Wildman–Crippen MR) is 39.2 cm³/mol. The first-order valence-corrected chi connectivity index (χ1v) is 3.27. The van der Waals surface area contributed by atoms with Gasteiger partial charge in [0, 0.05) is 0 Å². The summed E-state index contributed by atoms with van der Waals surface area (Å²) in [7, 11) is 0. The molecule has 0 nitrogen and oxygen atoms in total. The monoisotopic (exact) mass is 296 g/mol. The van der Waals surface area contributed by atoms with Gasteiger partial charge in [0.2, 0.25) is 0 Å². The van der Waals surface area contributed by atoms with E-state index in [4.69, 9.17) is 0 Å². The lowest BCUT2D eigenvalue weighted by molar-refractivity contribution is -0.113. The second-order valence-electron chi connectivity index (χ2n) is 1.75. The van der Waals surface area contributed by atoms with Gasteiger partial charge in [-0.2, -0.15) is 43.9 Å². The van der Waals surface area contributed by atoms with E-state index >= 15 is 0 Å². The molecule has 0 unspecified atom stereocenters. The van der Waals surface area contributed by atoms with Gasteiger partial charge < -0.3 is 0 Å². The van der Waals surface area contributed by atoms with E-state index in [1.54, 1.807) is 0 Å². The molecule has 0 radical (unpaired) electrons. The molecule has 0 N–H and O–H groups in total. The van der Waals surface area contributed by atoms with Crippen LogP contribution < -0.4 is 0 Å². The SMILES string of the molecule is C=CF.FC(F)=C(F)C(F)(F)F.FC(F)=C(F)F. The molecule has 0 saturated carbocycles. The lowest BCUT2D eigenvalue weighted by Gasteiger charge is -1.98. The Hall–Kier alpha value is -1.55. The Morgan fingerprint density at radius 3 is 0.944 bits per heavy atom. The molecule has 0 aromatic heterocycles. The summed E-state index contributed by atoms with van der Waals surface area (Å²) < 4.78 is 116. The third kappa shape index (κ3) is 16.9. The minimum absolute atomic E-state index is 0.250. The number of alkyl halides is 3. The molecule has 11 heteroatoms. The normalized spacial score (nSPS) is 9.06. The van der Waals surface area contributed by atoms with Crippen LogP contribution in [0.1, 0.15) is 0 Å². The molecule has 0 saturated heterocycles. The van der Waals surface area contributed by atoms with Gasteiger partial charge in [-0.3, -0.25) is 0 Å². The molecule has 0 heterocycles. The summed E-state index contributed by atoms with van der Waals surface area (Å²) in [6, 6.07) is 0. The minimum atomic E-state index is -5.56. The quantitative estimate of drug-likeness (QED) is 0.502. The zero-order valence-electron chi connectivity index (χ0n) is 7.94. The van der Waals surface area contributed by atoms with Crippen LogP contribution in [0.3, 0.4) is 0 Å². The molecule has 0 amide bonds. The lowest BCUT2D eigenvalue weighted by atomic mass is 10.6. The number of allylic oxidation sites excluding steroid dienone is 1. The molecule has 0 aliphatic heterocycles. The Balaban J connectivity index is -0.000000216. The maximum Gasteiger partial charge on any atom is 0.448 e. The first-order chi connectivity index (χ1) is 7.91. The molecule has 108 valence electrons. The van der Waals surface area contributed by atoms with Crippen LogP contribution in [0.4, 0.5) is 48.3 Å². The van der Waals surface area contributed by atoms with Crippen LogP contribution in [0.15, 0.2) is 37.0 Å². The van der Waals surface area contributed by atoms with Crippen molar-refractivity contribution in [3.8, 4) is 0 Å². The van der Waals surface area contributed by atoms with Gasteiger partial charge in [0.05, 0.1) is 6.33 Å². The summed E-state index contributed by atoms with van der Waals surface area (Å²) in [6.07, 6.45) is -14.5. The van der Waals surface area contributed by atoms with Crippen LogP contribution >= 0.6 is 0 Å². The van der Waals surface area contributed by atoms with Crippen LogP contribution in [0.25, 0.3) is 0 Å². The topological polar surface area (TPSA) is 0 Å². The lowest BCUT2D eigenvalue weighted by Crippen LogP contribution is -2.08. The highest BCUT2D eigenvalue weighted by atomic mass is 19.4. The average molecular weight is 296 g/mol. The van der Waals surface area contributed by atoms with Gasteiger partial charge in [0.1, 0.15) is 0 Å². The van der Waals surface area contributed by atoms with Gasteiger partial charge in [0.15, 0.2) is 0 Å². The molecule has 0 bridgehead atoms. The molecule has 0 atom stereocenters. The van der Waals surface area contributed by atoms with Crippen molar-refractivity contribution < 1.29 is 48.3 Å². The van der Waals surface area contributed by atoms with Crippen molar-refractivity contribution >= 4 is 0 Å². The first-order valence-electron chi connectivity index (χ1n) is 3.27. The summed E-state index contributed by atoms with van der Waals surface area (Å²) in [5, 5.41) is 0. The van der Waals surface area contributed by atoms with Gasteiger partial charge in [-0.25, -0.2) is 4.39 Å². The predicted octanol–water partition coefficient (Wildman–Crippen LogP) is 5.72. The summed E-state index contributed by atoms with van der Waals surface area (Å²) in [5.74, 6) is -3.33. The van der Waals surface area contributed by atoms with E-state index in [0.29, 0.717) is 0 Å². The molecular formula is C7H3F11. The van der Waals surface area contributed by atoms with E-state index in [1.165, 1.54) is 0 Å². The fourth-order valence-electron chi connectivity index (χ4n) is 0.107. The zero-order valence-corrected chi connectivity index (χ0v) is 7.94. The maximum atomic E-state index is 11.0. The highest BCUT2D eigenvalue weighted by molar-refractivity contribution is 4.98. The smallest absolute Gasteiger partial charge is 0.216 e. The van der Waals surface area contributed by atoms with Crippen molar-refractivity contribution in [3.05, 3.63) is 37.0 Å². The minimum Gasteiger partial charge on any atom is -0.216 e. The van der Waals surface area contributed by atoms with E-state index in [9.17, 15) is 48.3 Å². The Morgan fingerprint density at radius 2 is 0.944 bits per heavy atom. The third-order valence-corrected chi connectivity index (χ3v) is 0.558. The van der Waals surface area contributed by atoms with Crippen LogP contribution in [0.2, 0.25) is 0 Å². The van der Waals surface area contributed by atoms with Crippen molar-refractivity contribution in [3.63, 3.8) is 0 Å². The summed E-state index contributed by atoms with van der Waals surface area (Å²) in [5.41, 5.74) is 0. The highest BCUT2D eigenvalue weighted by Crippen LogP contribution is 2.29. The summed E-state index contributed by atoms with van der Waals surface area (Å²) >= 11 is 0. The standard InChI is InChI=1S/C3F6.C2F4.C2H3F/c4-1(2(5)6)3(7,8)9;3-1(4)2(5)6;1-2-3/h;;2H,1H2. The van der Waals surface area contributed by atoms with Crippen molar-refractivity contribution in [2.75, 3.05) is 0 Å². The number of halogens is 11. The van der Waals surface area contributed by atoms with Crippen molar-refractivity contribution in [2.24, 2.45) is 0 Å². The number of hydrogen-bond donors (Lipinski definition) is 0. The van der Waals surface area contributed by atoms with Gasteiger partial charge in [-0.15, -0.1) is 0 Å². The Labute approximate surface area is 92.7 Å². The van der Waals surface area contributed by atoms with Crippen LogP contribution in [0, 0.1) is 0 Å². The van der Waals surface area contributed by atoms with Gasteiger partial charge in [0.25, 0.3) is 5.83 Å². The second-order valence-corrected chi connectivity index (χ2v) is 1.75. The van der Waals surface area contributed by atoms with E-state index < -0.39 is 30.2 Å². The van der Waals surface area contributed by atoms with E-state index in [1.807, 2.05) is 0 Å². The Kier molecular flexibility index (Phi) is 12.8. The molecule has 0 fully saturated rings. The van der Waals surface area contributed by atoms with Crippen molar-refractivity contribution in [1.82, 2.24) is 0 Å². The second kappa shape index (κ2) is 10.6. The van der Waals surface area contributed by atoms with E-state index in [0.717, 1.165) is 0 Å². The van der Waals surface area contributed by atoms with Crippen LogP contribution in [-0.2, 0) is 0 Å². The molecule has 0 aliphatic carbocycles. The number of rotatable bonds is 0. The summed E-state index contributed by atoms with van der Waals surface area (Å²) in [6.45, 7) is 2.69. The molecular weight excluding hydrogens is 293 g/mol. The third-order valence-electron chi connectivity index (χ3n) is 0.558. The molecule has 18 heavy (non-hydrogen) atoms. The molecule has 0 aromatic carbocycles. The average Bonchev–Trinajstić information content (AvgIpc) is 2.16. The Morgan fingerprint density at radius 1 is 0.722 bits per heavy atom. The van der Waals surface area contributed by atoms with Crippen molar-refractivity contribution in [1.29, 1.82) is 0 Å². The molecule has 0 aliphatic rings. The van der Waals surface area contributed by atoms with Gasteiger partial charge in [-0.1, -0.05) is 6.58 Å². The fourth-order valence-corrected chi connectivity index (χ4v) is 0.107. The van der Waals surface area contributed by atoms with E-state index in [-0.39, 0.29) is 6.33 Å². The van der Waals surface area contributed by atoms with Crippen LogP contribution in [0.5, 0.6) is 0 Å². The van der Waals surface area contributed by atoms with Gasteiger partial charge >= 0.3 is 24.4 Å². The largest absolute Gasteiger partial charge is 0.448 e. The van der Waals surface area contributed by atoms with Gasteiger partial charge in [-0.05, 0) is 0 Å². The highest BCUT2D eigenvalue weighted by Gasteiger charge is 2.38. The maximum absolute atomic E-state index is 11.0. The number of hydrogen-bond acceptors (Lipinski definition) is 0. The zero-order chi connectivity index (χ0) is 15.5. The Bertz CT molecular complexity index is 275. The van der Waals surface area contributed by atoms with Crippen LogP contribution in [-0.4, -0.2) is 6.18 Å². The molecule has 0 aromatic rings. The molecule has 0 spiro atoms. The summed E-state index contributed by atoms with van der Waals surface area (Å²) in [4.78, 5) is 0.